The third kappa shape index (κ3) is 14.9. The van der Waals surface area contributed by atoms with Crippen LogP contribution in [-0.4, -0.2) is 36.0 Å². The first-order valence-electron chi connectivity index (χ1n) is 11.1. The van der Waals surface area contributed by atoms with Gasteiger partial charge in [0.25, 0.3) is 0 Å². The van der Waals surface area contributed by atoms with Crippen molar-refractivity contribution in [3.05, 3.63) is 65.7 Å². The zero-order valence-corrected chi connectivity index (χ0v) is 23.9. The summed E-state index contributed by atoms with van der Waals surface area (Å²) in [6, 6.07) is 18.7. The van der Waals surface area contributed by atoms with Gasteiger partial charge in [0.15, 0.2) is 0 Å². The molecule has 0 aromatic heterocycles. The Hall–Kier alpha value is -2.33. The number of hydrogen-bond acceptors (Lipinski definition) is 2. The van der Waals surface area contributed by atoms with Gasteiger partial charge in [0.1, 0.15) is 11.5 Å². The summed E-state index contributed by atoms with van der Waals surface area (Å²) in [5.41, 5.74) is 7.61. The molecule has 1 unspecified atom stereocenters. The van der Waals surface area contributed by atoms with Crippen molar-refractivity contribution >= 4 is 36.3 Å². The van der Waals surface area contributed by atoms with Gasteiger partial charge in [0, 0.05) is 11.1 Å². The first-order chi connectivity index (χ1) is 18.2. The Labute approximate surface area is 243 Å². The van der Waals surface area contributed by atoms with Crippen molar-refractivity contribution in [1.82, 2.24) is 0 Å². The van der Waals surface area contributed by atoms with E-state index < -0.39 is 21.8 Å². The minimum Gasteiger partial charge on any atom is -0.496 e. The molecule has 2 nitrogen and oxygen atoms in total. The van der Waals surface area contributed by atoms with Crippen LogP contribution in [0.3, 0.4) is 0 Å². The number of fused-ring (bicyclic) bond motifs is 1. The number of benzene rings is 3. The minimum absolute atomic E-state index is 0. The number of rotatable bonds is 4. The maximum absolute atomic E-state index is 9.75. The first kappa shape index (κ1) is 38.7. The number of halogens is 12. The van der Waals surface area contributed by atoms with E-state index >= 15 is 0 Å². The van der Waals surface area contributed by atoms with Crippen LogP contribution in [0, 0.1) is 0 Å². The third-order valence-electron chi connectivity index (χ3n) is 4.98. The van der Waals surface area contributed by atoms with Crippen LogP contribution in [0.4, 0.5) is 51.8 Å². The van der Waals surface area contributed by atoms with E-state index in [0.717, 1.165) is 35.5 Å². The fourth-order valence-corrected chi connectivity index (χ4v) is 4.17. The Balaban J connectivity index is 0.000000833. The van der Waals surface area contributed by atoms with Gasteiger partial charge in [0.05, 0.1) is 14.2 Å². The molecule has 3 aromatic carbocycles. The van der Waals surface area contributed by atoms with Crippen molar-refractivity contribution in [2.45, 2.75) is 12.8 Å². The van der Waals surface area contributed by atoms with E-state index in [1.165, 1.54) is 27.6 Å². The van der Waals surface area contributed by atoms with Gasteiger partial charge in [0.2, 0.25) is 0 Å². The van der Waals surface area contributed by atoms with E-state index in [4.69, 9.17) is 9.47 Å². The molecular formula is C22H21B3F12O2PRh. The van der Waals surface area contributed by atoms with Crippen LogP contribution < -0.4 is 14.8 Å². The molecule has 1 aliphatic carbocycles. The van der Waals surface area contributed by atoms with Crippen LogP contribution in [0.5, 0.6) is 11.5 Å². The number of para-hydroxylation sites is 2. The standard InChI is InChI=1S/C22H21O2P.3BF4.Rh/c1-23-19-9-5-3-7-14(19)18-13-21(25)15-11-12-16(15)22(18)17-8-4-6-10-20(17)24-2;3*2-1(3,4)5;/h3-10,13H,11-12,25H2,1-2H3;;;;/q;3*-1;+3. The monoisotopic (exact) mass is 712 g/mol. The smallest absolute Gasteiger partial charge is 0.496 e. The molecule has 0 saturated heterocycles. The second-order valence-corrected chi connectivity index (χ2v) is 8.35. The van der Waals surface area contributed by atoms with Crippen LogP contribution in [0.1, 0.15) is 11.1 Å². The summed E-state index contributed by atoms with van der Waals surface area (Å²) < 4.78 is 128. The Morgan fingerprint density at radius 2 is 0.902 bits per heavy atom. The maximum Gasteiger partial charge on any atom is 3.00 e. The van der Waals surface area contributed by atoms with Crippen LogP contribution >= 0.6 is 9.24 Å². The summed E-state index contributed by atoms with van der Waals surface area (Å²) in [4.78, 5) is 0. The van der Waals surface area contributed by atoms with Gasteiger partial charge in [-0.1, -0.05) is 36.4 Å². The van der Waals surface area contributed by atoms with E-state index in [-0.39, 0.29) is 19.5 Å². The predicted molar refractivity (Wildman–Crippen MR) is 138 cm³/mol. The molecule has 0 saturated carbocycles. The molecule has 0 N–H and O–H groups in total. The summed E-state index contributed by atoms with van der Waals surface area (Å²) >= 11 is 0. The molecule has 19 heteroatoms. The molecule has 41 heavy (non-hydrogen) atoms. The average Bonchev–Trinajstić information content (AvgIpc) is 2.76. The average molecular weight is 712 g/mol. The summed E-state index contributed by atoms with van der Waals surface area (Å²) in [6.45, 7) is 0. The van der Waals surface area contributed by atoms with Gasteiger partial charge in [-0.05, 0) is 58.6 Å². The van der Waals surface area contributed by atoms with Crippen molar-refractivity contribution in [3.8, 4) is 33.8 Å². The van der Waals surface area contributed by atoms with Gasteiger partial charge in [-0.3, -0.25) is 0 Å². The topological polar surface area (TPSA) is 18.5 Å². The zero-order valence-electron chi connectivity index (χ0n) is 21.1. The summed E-state index contributed by atoms with van der Waals surface area (Å²) in [5, 5.41) is 1.28. The summed E-state index contributed by atoms with van der Waals surface area (Å²) in [7, 11) is -11.6. The Bertz CT molecular complexity index is 1210. The van der Waals surface area contributed by atoms with Crippen LogP contribution in [0.25, 0.3) is 22.3 Å². The number of hydrogen-bond donors (Lipinski definition) is 0. The van der Waals surface area contributed by atoms with Crippen molar-refractivity contribution in [2.75, 3.05) is 14.2 Å². The predicted octanol–water partition coefficient (Wildman–Crippen LogP) is 8.53. The van der Waals surface area contributed by atoms with Gasteiger partial charge >= 0.3 is 41.2 Å². The van der Waals surface area contributed by atoms with Crippen LogP contribution in [0.2, 0.25) is 0 Å². The molecule has 4 rings (SSSR count). The minimum atomic E-state index is -6.00. The van der Waals surface area contributed by atoms with Crippen molar-refractivity contribution in [2.24, 2.45) is 0 Å². The van der Waals surface area contributed by atoms with E-state index in [9.17, 15) is 51.8 Å². The molecule has 0 spiro atoms. The quantitative estimate of drug-likeness (QED) is 0.154. The molecule has 1 aliphatic rings. The second-order valence-electron chi connectivity index (χ2n) is 7.73. The van der Waals surface area contributed by atoms with Gasteiger partial charge in [-0.15, -0.1) is 9.24 Å². The molecule has 3 aromatic rings. The fourth-order valence-electron chi connectivity index (χ4n) is 3.69. The maximum atomic E-state index is 9.75. The second kappa shape index (κ2) is 16.3. The molecule has 1 atom stereocenters. The van der Waals surface area contributed by atoms with Gasteiger partial charge < -0.3 is 61.3 Å². The van der Waals surface area contributed by atoms with Crippen LogP contribution in [0.15, 0.2) is 54.6 Å². The van der Waals surface area contributed by atoms with Crippen molar-refractivity contribution in [1.29, 1.82) is 0 Å². The van der Waals surface area contributed by atoms with E-state index in [1.54, 1.807) is 14.2 Å². The van der Waals surface area contributed by atoms with E-state index in [2.05, 4.69) is 39.6 Å². The van der Waals surface area contributed by atoms with Gasteiger partial charge in [-0.25, -0.2) is 0 Å². The Morgan fingerprint density at radius 1 is 0.561 bits per heavy atom. The zero-order chi connectivity index (χ0) is 30.9. The Morgan fingerprint density at radius 3 is 1.27 bits per heavy atom. The van der Waals surface area contributed by atoms with E-state index in [1.807, 2.05) is 24.3 Å². The summed E-state index contributed by atoms with van der Waals surface area (Å²) in [5.74, 6) is 1.80. The normalized spacial score (nSPS) is 11.9. The number of ether oxygens (including phenoxy) is 2. The molecule has 0 heterocycles. The van der Waals surface area contributed by atoms with Crippen molar-refractivity contribution in [3.63, 3.8) is 0 Å². The first-order valence-corrected chi connectivity index (χ1v) is 11.6. The van der Waals surface area contributed by atoms with Crippen molar-refractivity contribution < 1.29 is 80.7 Å². The third-order valence-corrected chi connectivity index (χ3v) is 5.50. The Kier molecular flexibility index (Phi) is 15.4. The number of methoxy groups -OCH3 is 2. The molecule has 0 amide bonds. The van der Waals surface area contributed by atoms with Gasteiger partial charge in [-0.2, -0.15) is 0 Å². The molecule has 0 fully saturated rings. The molecule has 228 valence electrons. The SMILES string of the molecule is COc1ccccc1-c1cc(P)c2c(c1-c1ccccc1OC)CC2.F[B-](F)(F)F.F[B-](F)(F)F.F[B-](F)(F)F.[Rh+3]. The molecule has 0 aliphatic heterocycles. The largest absolute Gasteiger partial charge is 3.00 e. The summed E-state index contributed by atoms with van der Waals surface area (Å²) in [6.07, 6.45) is 2.25. The molecular weight excluding hydrogens is 691 g/mol. The van der Waals surface area contributed by atoms with Crippen LogP contribution in [-0.2, 0) is 32.3 Å². The fraction of sp³-hybridized carbons (Fsp3) is 0.182. The molecule has 0 radical (unpaired) electrons. The molecule has 0 bridgehead atoms. The van der Waals surface area contributed by atoms with E-state index in [0.29, 0.717) is 0 Å².